The molecule has 0 radical (unpaired) electrons. The number of esters is 1. The first-order valence-electron chi connectivity index (χ1n) is 5.21. The summed E-state index contributed by atoms with van der Waals surface area (Å²) >= 11 is 0. The van der Waals surface area contributed by atoms with E-state index in [1.165, 1.54) is 18.2 Å². The number of nitrogens with zero attached hydrogens (tertiary/aromatic N) is 1. The second kappa shape index (κ2) is 5.85. The maximum absolute atomic E-state index is 13.0. The number of benzene rings is 1. The lowest BCUT2D eigenvalue weighted by molar-refractivity contribution is -0.143. The highest BCUT2D eigenvalue weighted by molar-refractivity contribution is 5.78. The van der Waals surface area contributed by atoms with Crippen LogP contribution in [0.2, 0.25) is 0 Å². The Hall–Kier alpha value is -2.09. The first kappa shape index (κ1) is 13.0. The molecule has 1 aromatic carbocycles. The van der Waals surface area contributed by atoms with Crippen LogP contribution in [0.4, 0.5) is 10.1 Å². The molecule has 0 fully saturated rings. The molecule has 0 spiro atoms. The molecule has 0 amide bonds. The van der Waals surface area contributed by atoms with Crippen LogP contribution < -0.4 is 5.32 Å². The number of hydrogen-bond donors (Lipinski definition) is 1. The quantitative estimate of drug-likeness (QED) is 0.813. The molecule has 0 aromatic heterocycles. The first-order valence-corrected chi connectivity index (χ1v) is 5.21. The van der Waals surface area contributed by atoms with Gasteiger partial charge < -0.3 is 10.1 Å². The van der Waals surface area contributed by atoms with Gasteiger partial charge in [-0.2, -0.15) is 5.26 Å². The Morgan fingerprint density at radius 1 is 1.65 bits per heavy atom. The maximum Gasteiger partial charge on any atom is 0.328 e. The summed E-state index contributed by atoms with van der Waals surface area (Å²) in [5.41, 5.74) is 0.439. The lowest BCUT2D eigenvalue weighted by atomic mass is 10.2. The third-order valence-electron chi connectivity index (χ3n) is 2.11. The summed E-state index contributed by atoms with van der Waals surface area (Å²) < 4.78 is 17.9. The van der Waals surface area contributed by atoms with E-state index >= 15 is 0 Å². The summed E-state index contributed by atoms with van der Waals surface area (Å²) in [6, 6.07) is 5.18. The van der Waals surface area contributed by atoms with Gasteiger partial charge >= 0.3 is 5.97 Å². The van der Waals surface area contributed by atoms with Crippen molar-refractivity contribution in [2.24, 2.45) is 0 Å². The summed E-state index contributed by atoms with van der Waals surface area (Å²) in [6.07, 6.45) is 0. The minimum atomic E-state index is -0.582. The van der Waals surface area contributed by atoms with Crippen molar-refractivity contribution in [3.8, 4) is 6.07 Å². The zero-order valence-corrected chi connectivity index (χ0v) is 9.66. The van der Waals surface area contributed by atoms with Gasteiger partial charge in [-0.1, -0.05) is 0 Å². The molecule has 0 bridgehead atoms. The van der Waals surface area contributed by atoms with E-state index in [0.29, 0.717) is 12.3 Å². The number of hydrogen-bond acceptors (Lipinski definition) is 4. The summed E-state index contributed by atoms with van der Waals surface area (Å²) in [5.74, 6) is -0.975. The van der Waals surface area contributed by atoms with Crippen LogP contribution in [0.1, 0.15) is 19.4 Å². The van der Waals surface area contributed by atoms with E-state index in [9.17, 15) is 9.18 Å². The molecule has 5 heteroatoms. The van der Waals surface area contributed by atoms with Crippen molar-refractivity contribution >= 4 is 11.7 Å². The summed E-state index contributed by atoms with van der Waals surface area (Å²) in [4.78, 5) is 11.3. The Balaban J connectivity index is 2.76. The van der Waals surface area contributed by atoms with E-state index in [1.807, 2.05) is 0 Å². The number of halogens is 1. The molecule has 1 atom stereocenters. The van der Waals surface area contributed by atoms with Gasteiger partial charge in [0.05, 0.1) is 12.2 Å². The van der Waals surface area contributed by atoms with Gasteiger partial charge in [0.2, 0.25) is 0 Å². The number of carbonyl (C=O) groups is 1. The van der Waals surface area contributed by atoms with Gasteiger partial charge in [-0.05, 0) is 32.0 Å². The van der Waals surface area contributed by atoms with Crippen LogP contribution in [0, 0.1) is 17.1 Å². The van der Waals surface area contributed by atoms with Crippen LogP contribution in [-0.2, 0) is 9.53 Å². The fourth-order valence-corrected chi connectivity index (χ4v) is 1.28. The SMILES string of the molecule is CCOC(=O)C(C)Nc1ccc(F)c(C#N)c1. The number of carbonyl (C=O) groups excluding carboxylic acids is 1. The molecule has 1 aromatic rings. The molecule has 1 N–H and O–H groups in total. The average Bonchev–Trinajstić information content (AvgIpc) is 2.31. The van der Waals surface area contributed by atoms with Crippen LogP contribution in [-0.4, -0.2) is 18.6 Å². The van der Waals surface area contributed by atoms with E-state index < -0.39 is 17.8 Å². The lowest BCUT2D eigenvalue weighted by Gasteiger charge is -2.13. The molecular weight excluding hydrogens is 223 g/mol. The molecule has 4 nitrogen and oxygen atoms in total. The number of rotatable bonds is 4. The highest BCUT2D eigenvalue weighted by atomic mass is 19.1. The van der Waals surface area contributed by atoms with Crippen molar-refractivity contribution in [1.29, 1.82) is 5.26 Å². The molecule has 17 heavy (non-hydrogen) atoms. The van der Waals surface area contributed by atoms with Gasteiger partial charge in [0.25, 0.3) is 0 Å². The monoisotopic (exact) mass is 236 g/mol. The zero-order chi connectivity index (χ0) is 12.8. The van der Waals surface area contributed by atoms with Crippen LogP contribution in [0.3, 0.4) is 0 Å². The number of ether oxygens (including phenoxy) is 1. The molecule has 90 valence electrons. The Kier molecular flexibility index (Phi) is 4.46. The van der Waals surface area contributed by atoms with Crippen LogP contribution in [0.25, 0.3) is 0 Å². The van der Waals surface area contributed by atoms with Crippen molar-refractivity contribution < 1.29 is 13.9 Å². The van der Waals surface area contributed by atoms with Crippen molar-refractivity contribution in [2.45, 2.75) is 19.9 Å². The number of nitrogens with one attached hydrogen (secondary N) is 1. The Morgan fingerprint density at radius 2 is 2.35 bits per heavy atom. The zero-order valence-electron chi connectivity index (χ0n) is 9.66. The largest absolute Gasteiger partial charge is 0.464 e. The molecule has 0 heterocycles. The maximum atomic E-state index is 13.0. The molecule has 1 unspecified atom stereocenters. The van der Waals surface area contributed by atoms with Gasteiger partial charge in [-0.25, -0.2) is 9.18 Å². The normalized spacial score (nSPS) is 11.4. The highest BCUT2D eigenvalue weighted by Gasteiger charge is 2.14. The average molecular weight is 236 g/mol. The minimum absolute atomic E-state index is 0.0638. The predicted octanol–water partition coefficient (Wildman–Crippen LogP) is 2.06. The standard InChI is InChI=1S/C12H13FN2O2/c1-3-17-12(16)8(2)15-10-4-5-11(13)9(6-10)7-14/h4-6,8,15H,3H2,1-2H3. The molecular formula is C12H13FN2O2. The summed E-state index contributed by atoms with van der Waals surface area (Å²) in [5, 5.41) is 11.5. The van der Waals surface area contributed by atoms with Crippen molar-refractivity contribution in [3.63, 3.8) is 0 Å². The fraction of sp³-hybridized carbons (Fsp3) is 0.333. The molecule has 0 saturated heterocycles. The fourth-order valence-electron chi connectivity index (χ4n) is 1.28. The van der Waals surface area contributed by atoms with E-state index in [2.05, 4.69) is 5.32 Å². The Labute approximate surface area is 99.0 Å². The van der Waals surface area contributed by atoms with E-state index in [-0.39, 0.29) is 5.56 Å². The van der Waals surface area contributed by atoms with Crippen molar-refractivity contribution in [1.82, 2.24) is 0 Å². The van der Waals surface area contributed by atoms with Gasteiger partial charge in [0.1, 0.15) is 17.9 Å². The van der Waals surface area contributed by atoms with Crippen LogP contribution in [0.15, 0.2) is 18.2 Å². The van der Waals surface area contributed by atoms with Crippen molar-refractivity contribution in [3.05, 3.63) is 29.6 Å². The second-order valence-electron chi connectivity index (χ2n) is 3.42. The van der Waals surface area contributed by atoms with Crippen LogP contribution >= 0.6 is 0 Å². The third kappa shape index (κ3) is 3.45. The third-order valence-corrected chi connectivity index (χ3v) is 2.11. The van der Waals surface area contributed by atoms with Gasteiger partial charge in [-0.15, -0.1) is 0 Å². The summed E-state index contributed by atoms with van der Waals surface area (Å²) in [6.45, 7) is 3.65. The molecule has 0 aliphatic carbocycles. The summed E-state index contributed by atoms with van der Waals surface area (Å²) in [7, 11) is 0. The first-order chi connectivity index (χ1) is 8.08. The van der Waals surface area contributed by atoms with E-state index in [1.54, 1.807) is 19.9 Å². The topological polar surface area (TPSA) is 62.1 Å². The van der Waals surface area contributed by atoms with Gasteiger partial charge in [0, 0.05) is 5.69 Å². The molecule has 0 aliphatic rings. The molecule has 1 rings (SSSR count). The number of nitriles is 1. The minimum Gasteiger partial charge on any atom is -0.464 e. The smallest absolute Gasteiger partial charge is 0.328 e. The lowest BCUT2D eigenvalue weighted by Crippen LogP contribution is -2.28. The van der Waals surface area contributed by atoms with E-state index in [4.69, 9.17) is 10.00 Å². The Morgan fingerprint density at radius 3 is 2.94 bits per heavy atom. The highest BCUT2D eigenvalue weighted by Crippen LogP contribution is 2.15. The molecule has 0 saturated carbocycles. The van der Waals surface area contributed by atoms with Crippen molar-refractivity contribution in [2.75, 3.05) is 11.9 Å². The predicted molar refractivity (Wildman–Crippen MR) is 60.8 cm³/mol. The van der Waals surface area contributed by atoms with E-state index in [0.717, 1.165) is 0 Å². The number of anilines is 1. The second-order valence-corrected chi connectivity index (χ2v) is 3.42. The van der Waals surface area contributed by atoms with Gasteiger partial charge in [-0.3, -0.25) is 0 Å². The van der Waals surface area contributed by atoms with Gasteiger partial charge in [0.15, 0.2) is 0 Å². The molecule has 0 aliphatic heterocycles. The Bertz CT molecular complexity index is 454. The van der Waals surface area contributed by atoms with Crippen LogP contribution in [0.5, 0.6) is 0 Å².